The number of aryl methyl sites for hydroxylation is 1. The fraction of sp³-hybridized carbons (Fsp3) is 0.0714. The van der Waals surface area contributed by atoms with Crippen molar-refractivity contribution >= 4 is 29.2 Å². The summed E-state index contributed by atoms with van der Waals surface area (Å²) in [5, 5.41) is 0.264. The quantitative estimate of drug-likeness (QED) is 0.595. The molecule has 0 atom stereocenters. The Kier molecular flexibility index (Phi) is 4.08. The van der Waals surface area contributed by atoms with Crippen molar-refractivity contribution in [3.8, 4) is 5.75 Å². The summed E-state index contributed by atoms with van der Waals surface area (Å²) in [7, 11) is 0. The van der Waals surface area contributed by atoms with Crippen LogP contribution in [-0.2, 0) is 0 Å². The second-order valence-electron chi connectivity index (χ2n) is 3.92. The molecule has 0 aromatic heterocycles. The number of esters is 1. The van der Waals surface area contributed by atoms with Crippen molar-refractivity contribution in [1.29, 1.82) is 0 Å². The van der Waals surface area contributed by atoms with Crippen LogP contribution >= 0.6 is 23.2 Å². The molecule has 0 heterocycles. The van der Waals surface area contributed by atoms with Crippen LogP contribution in [0.15, 0.2) is 36.4 Å². The van der Waals surface area contributed by atoms with E-state index in [2.05, 4.69) is 0 Å². The van der Waals surface area contributed by atoms with E-state index in [1.165, 1.54) is 12.1 Å². The van der Waals surface area contributed by atoms with Gasteiger partial charge in [-0.25, -0.2) is 9.18 Å². The first kappa shape index (κ1) is 13.8. The molecule has 0 saturated heterocycles. The number of benzene rings is 2. The zero-order valence-corrected chi connectivity index (χ0v) is 11.4. The molecule has 0 amide bonds. The Morgan fingerprint density at radius 1 is 1.16 bits per heavy atom. The lowest BCUT2D eigenvalue weighted by Crippen LogP contribution is -2.11. The number of carbonyl (C=O) groups excluding carboxylic acids is 1. The van der Waals surface area contributed by atoms with Crippen molar-refractivity contribution in [2.24, 2.45) is 0 Å². The number of hydrogen-bond donors (Lipinski definition) is 0. The number of rotatable bonds is 2. The van der Waals surface area contributed by atoms with E-state index in [0.29, 0.717) is 0 Å². The Hall–Kier alpha value is -1.58. The highest BCUT2D eigenvalue weighted by molar-refractivity contribution is 6.34. The minimum absolute atomic E-state index is 0.00576. The van der Waals surface area contributed by atoms with Crippen LogP contribution in [0.1, 0.15) is 15.9 Å². The van der Waals surface area contributed by atoms with Crippen LogP contribution in [-0.4, -0.2) is 5.97 Å². The molecule has 2 nitrogen and oxygen atoms in total. The van der Waals surface area contributed by atoms with E-state index in [-0.39, 0.29) is 21.4 Å². The molecule has 0 aliphatic carbocycles. The summed E-state index contributed by atoms with van der Waals surface area (Å²) < 4.78 is 18.6. The van der Waals surface area contributed by atoms with E-state index in [4.69, 9.17) is 27.9 Å². The van der Waals surface area contributed by atoms with Crippen molar-refractivity contribution in [3.05, 3.63) is 63.4 Å². The van der Waals surface area contributed by atoms with Gasteiger partial charge in [-0.15, -0.1) is 0 Å². The normalized spacial score (nSPS) is 10.3. The maximum atomic E-state index is 13.6. The average Bonchev–Trinajstić information content (AvgIpc) is 2.33. The van der Waals surface area contributed by atoms with Gasteiger partial charge in [-0.3, -0.25) is 0 Å². The topological polar surface area (TPSA) is 26.3 Å². The number of hydrogen-bond acceptors (Lipinski definition) is 2. The Bertz CT molecular complexity index is 621. The summed E-state index contributed by atoms with van der Waals surface area (Å²) in [6.45, 7) is 1.82. The van der Waals surface area contributed by atoms with E-state index in [9.17, 15) is 9.18 Å². The van der Waals surface area contributed by atoms with Crippen LogP contribution in [0.2, 0.25) is 10.0 Å². The van der Waals surface area contributed by atoms with E-state index >= 15 is 0 Å². The Balaban J connectivity index is 2.34. The molecule has 19 heavy (non-hydrogen) atoms. The smallest absolute Gasteiger partial charge is 0.348 e. The number of halogens is 3. The van der Waals surface area contributed by atoms with Crippen LogP contribution in [0, 0.1) is 12.7 Å². The van der Waals surface area contributed by atoms with Gasteiger partial charge in [-0.2, -0.15) is 0 Å². The first-order chi connectivity index (χ1) is 8.99. The third-order valence-corrected chi connectivity index (χ3v) is 3.08. The fourth-order valence-corrected chi connectivity index (χ4v) is 1.93. The highest BCUT2D eigenvalue weighted by atomic mass is 35.5. The highest BCUT2D eigenvalue weighted by Gasteiger charge is 2.19. The molecule has 0 unspecified atom stereocenters. The minimum Gasteiger partial charge on any atom is -0.421 e. The standard InChI is InChI=1S/C14H9Cl2FO2/c1-8-5-6-9(15)12(7-8)19-14(18)13-10(16)3-2-4-11(13)17/h2-7H,1H3. The second kappa shape index (κ2) is 5.59. The van der Waals surface area contributed by atoms with Crippen LogP contribution in [0.3, 0.4) is 0 Å². The Morgan fingerprint density at radius 3 is 2.58 bits per heavy atom. The second-order valence-corrected chi connectivity index (χ2v) is 4.73. The molecular weight excluding hydrogens is 290 g/mol. The maximum absolute atomic E-state index is 13.6. The van der Waals surface area contributed by atoms with Crippen LogP contribution < -0.4 is 4.74 Å². The molecule has 0 saturated carbocycles. The summed E-state index contributed by atoms with van der Waals surface area (Å²) in [4.78, 5) is 11.9. The molecule has 0 aliphatic rings. The molecule has 0 fully saturated rings. The van der Waals surface area contributed by atoms with Gasteiger partial charge >= 0.3 is 5.97 Å². The molecular formula is C14H9Cl2FO2. The molecule has 2 aromatic carbocycles. The van der Waals surface area contributed by atoms with Crippen molar-refractivity contribution < 1.29 is 13.9 Å². The SMILES string of the molecule is Cc1ccc(Cl)c(OC(=O)c2c(F)cccc2Cl)c1. The van der Waals surface area contributed by atoms with Crippen molar-refractivity contribution in [2.75, 3.05) is 0 Å². The van der Waals surface area contributed by atoms with Crippen LogP contribution in [0.25, 0.3) is 0 Å². The van der Waals surface area contributed by atoms with Gasteiger partial charge in [0.1, 0.15) is 17.1 Å². The summed E-state index contributed by atoms with van der Waals surface area (Å²) in [6.07, 6.45) is 0. The molecule has 98 valence electrons. The molecule has 5 heteroatoms. The number of ether oxygens (including phenoxy) is 1. The van der Waals surface area contributed by atoms with Gasteiger partial charge in [-0.1, -0.05) is 35.3 Å². The van der Waals surface area contributed by atoms with Gasteiger partial charge in [-0.05, 0) is 36.8 Å². The van der Waals surface area contributed by atoms with Crippen molar-refractivity contribution in [3.63, 3.8) is 0 Å². The largest absolute Gasteiger partial charge is 0.421 e. The van der Waals surface area contributed by atoms with Gasteiger partial charge in [0.15, 0.2) is 0 Å². The molecule has 2 aromatic rings. The summed E-state index contributed by atoms with van der Waals surface area (Å²) in [5.74, 6) is -1.44. The molecule has 2 rings (SSSR count). The lowest BCUT2D eigenvalue weighted by molar-refractivity contribution is 0.0730. The summed E-state index contributed by atoms with van der Waals surface area (Å²) in [5.41, 5.74) is 0.563. The molecule has 0 N–H and O–H groups in total. The van der Waals surface area contributed by atoms with Gasteiger partial charge in [0.2, 0.25) is 0 Å². The zero-order chi connectivity index (χ0) is 14.0. The number of carbonyl (C=O) groups is 1. The Morgan fingerprint density at radius 2 is 1.89 bits per heavy atom. The highest BCUT2D eigenvalue weighted by Crippen LogP contribution is 2.27. The molecule has 0 bridgehead atoms. The third kappa shape index (κ3) is 3.06. The third-order valence-electron chi connectivity index (χ3n) is 2.46. The average molecular weight is 299 g/mol. The molecule has 0 radical (unpaired) electrons. The van der Waals surface area contributed by atoms with Gasteiger partial charge in [0.25, 0.3) is 0 Å². The molecule has 0 aliphatic heterocycles. The lowest BCUT2D eigenvalue weighted by Gasteiger charge is -2.08. The van der Waals surface area contributed by atoms with Crippen LogP contribution in [0.4, 0.5) is 4.39 Å². The first-order valence-corrected chi connectivity index (χ1v) is 6.17. The lowest BCUT2D eigenvalue weighted by atomic mass is 10.2. The van der Waals surface area contributed by atoms with Crippen LogP contribution in [0.5, 0.6) is 5.75 Å². The predicted molar refractivity (Wildman–Crippen MR) is 72.6 cm³/mol. The van der Waals surface area contributed by atoms with E-state index in [1.54, 1.807) is 18.2 Å². The van der Waals surface area contributed by atoms with E-state index in [0.717, 1.165) is 11.6 Å². The monoisotopic (exact) mass is 298 g/mol. The van der Waals surface area contributed by atoms with E-state index < -0.39 is 11.8 Å². The van der Waals surface area contributed by atoms with Crippen molar-refractivity contribution in [2.45, 2.75) is 6.92 Å². The van der Waals surface area contributed by atoms with Gasteiger partial charge < -0.3 is 4.74 Å². The Labute approximate surface area is 119 Å². The minimum atomic E-state index is -0.879. The zero-order valence-electron chi connectivity index (χ0n) is 9.91. The summed E-state index contributed by atoms with van der Waals surface area (Å²) in [6, 6.07) is 8.93. The van der Waals surface area contributed by atoms with Crippen molar-refractivity contribution in [1.82, 2.24) is 0 Å². The fourth-order valence-electron chi connectivity index (χ4n) is 1.53. The predicted octanol–water partition coefficient (Wildman–Crippen LogP) is 4.66. The maximum Gasteiger partial charge on any atom is 0.348 e. The first-order valence-electron chi connectivity index (χ1n) is 5.41. The van der Waals surface area contributed by atoms with Gasteiger partial charge in [0.05, 0.1) is 10.0 Å². The van der Waals surface area contributed by atoms with Gasteiger partial charge in [0, 0.05) is 0 Å². The molecule has 0 spiro atoms. The van der Waals surface area contributed by atoms with E-state index in [1.807, 2.05) is 6.92 Å². The summed E-state index contributed by atoms with van der Waals surface area (Å²) >= 11 is 11.7.